The maximum atomic E-state index is 12.9. The normalized spacial score (nSPS) is 21.4. The fraction of sp³-hybridized carbons (Fsp3) is 0.467. The average molecular weight is 292 g/mol. The van der Waals surface area contributed by atoms with Gasteiger partial charge in [-0.05, 0) is 42.9 Å². The van der Waals surface area contributed by atoms with Crippen molar-refractivity contribution in [1.29, 1.82) is 5.26 Å². The highest BCUT2D eigenvalue weighted by atomic mass is 32.2. The van der Waals surface area contributed by atoms with Gasteiger partial charge in [0.2, 0.25) is 5.91 Å². The van der Waals surface area contributed by atoms with E-state index in [1.165, 1.54) is 23.9 Å². The third-order valence-corrected chi connectivity index (χ3v) is 4.34. The summed E-state index contributed by atoms with van der Waals surface area (Å²) in [5, 5.41) is 11.4. The third-order valence-electron chi connectivity index (χ3n) is 3.54. The summed E-state index contributed by atoms with van der Waals surface area (Å²) in [4.78, 5) is 11.7. The Morgan fingerprint density at radius 3 is 2.85 bits per heavy atom. The smallest absolute Gasteiger partial charge is 0.230 e. The number of hydrogen-bond donors (Lipinski definition) is 1. The Bertz CT molecular complexity index is 498. The number of amides is 1. The number of nitrogens with zero attached hydrogens (tertiary/aromatic N) is 1. The van der Waals surface area contributed by atoms with E-state index in [4.69, 9.17) is 5.26 Å². The van der Waals surface area contributed by atoms with Gasteiger partial charge in [-0.2, -0.15) is 5.26 Å². The van der Waals surface area contributed by atoms with Crippen LogP contribution in [0.3, 0.4) is 0 Å². The van der Waals surface area contributed by atoms with Crippen LogP contribution >= 0.6 is 11.8 Å². The van der Waals surface area contributed by atoms with Crippen LogP contribution in [-0.2, 0) is 4.79 Å². The molecule has 5 heteroatoms. The fourth-order valence-electron chi connectivity index (χ4n) is 2.61. The Morgan fingerprint density at radius 1 is 1.40 bits per heavy atom. The molecule has 1 aliphatic carbocycles. The van der Waals surface area contributed by atoms with Crippen LogP contribution in [0, 0.1) is 17.1 Å². The zero-order chi connectivity index (χ0) is 14.4. The lowest BCUT2D eigenvalue weighted by Gasteiger charge is -2.13. The van der Waals surface area contributed by atoms with Crippen molar-refractivity contribution < 1.29 is 9.18 Å². The summed E-state index contributed by atoms with van der Waals surface area (Å²) >= 11 is 1.33. The van der Waals surface area contributed by atoms with E-state index in [1.54, 1.807) is 0 Å². The molecule has 1 N–H and O–H groups in total. The standard InChI is InChI=1S/C15H17FN2OS/c16-13-4-1-11(2-5-13)12-3-6-14(9-12)18-15(19)10-20-8-7-17/h1-2,4-5,12,14H,3,6,8-10H2,(H,18,19)/t12-,14-/m1/s1. The molecule has 2 atom stereocenters. The van der Waals surface area contributed by atoms with Crippen LogP contribution in [0.1, 0.15) is 30.7 Å². The Kier molecular flexibility index (Phi) is 5.42. The molecule has 1 amide bonds. The first kappa shape index (κ1) is 14.9. The molecule has 0 unspecified atom stereocenters. The Labute approximate surface area is 122 Å². The van der Waals surface area contributed by atoms with Crippen molar-refractivity contribution in [3.8, 4) is 6.07 Å². The average Bonchev–Trinajstić information content (AvgIpc) is 2.88. The fourth-order valence-corrected chi connectivity index (χ4v) is 3.07. The number of nitrogens with one attached hydrogen (secondary N) is 1. The van der Waals surface area contributed by atoms with Gasteiger partial charge in [-0.25, -0.2) is 4.39 Å². The Balaban J connectivity index is 1.79. The van der Waals surface area contributed by atoms with E-state index in [9.17, 15) is 9.18 Å². The second-order valence-electron chi connectivity index (χ2n) is 4.98. The van der Waals surface area contributed by atoms with Gasteiger partial charge in [-0.1, -0.05) is 12.1 Å². The molecule has 0 aliphatic heterocycles. The van der Waals surface area contributed by atoms with Crippen molar-refractivity contribution in [2.75, 3.05) is 11.5 Å². The van der Waals surface area contributed by atoms with Crippen LogP contribution in [0.5, 0.6) is 0 Å². The summed E-state index contributed by atoms with van der Waals surface area (Å²) in [6.45, 7) is 0. The lowest BCUT2D eigenvalue weighted by molar-refractivity contribution is -0.119. The van der Waals surface area contributed by atoms with E-state index >= 15 is 0 Å². The molecular weight excluding hydrogens is 275 g/mol. The summed E-state index contributed by atoms with van der Waals surface area (Å²) in [6.07, 6.45) is 2.87. The minimum Gasteiger partial charge on any atom is -0.353 e. The number of halogens is 1. The molecule has 1 aliphatic rings. The molecule has 1 aromatic carbocycles. The second kappa shape index (κ2) is 7.30. The van der Waals surface area contributed by atoms with Gasteiger partial charge in [0, 0.05) is 6.04 Å². The highest BCUT2D eigenvalue weighted by Crippen LogP contribution is 2.34. The van der Waals surface area contributed by atoms with E-state index in [0.717, 1.165) is 24.8 Å². The highest BCUT2D eigenvalue weighted by molar-refractivity contribution is 8.00. The predicted octanol–water partition coefficient (Wildman–Crippen LogP) is 2.83. The molecule has 0 heterocycles. The SMILES string of the molecule is N#CCSCC(=O)N[C@@H]1CC[C@@H](c2ccc(F)cc2)C1. The van der Waals surface area contributed by atoms with Crippen LogP contribution < -0.4 is 5.32 Å². The first-order valence-corrected chi connectivity index (χ1v) is 7.84. The van der Waals surface area contributed by atoms with Gasteiger partial charge in [-0.3, -0.25) is 4.79 Å². The zero-order valence-corrected chi connectivity index (χ0v) is 12.0. The molecule has 106 valence electrons. The maximum Gasteiger partial charge on any atom is 0.230 e. The second-order valence-corrected chi connectivity index (χ2v) is 5.96. The first-order valence-electron chi connectivity index (χ1n) is 6.68. The van der Waals surface area contributed by atoms with Gasteiger partial charge in [0.05, 0.1) is 17.6 Å². The van der Waals surface area contributed by atoms with E-state index in [-0.39, 0.29) is 17.8 Å². The Morgan fingerprint density at radius 2 is 2.15 bits per heavy atom. The summed E-state index contributed by atoms with van der Waals surface area (Å²) in [5.74, 6) is 0.857. The number of rotatable bonds is 5. The number of nitriles is 1. The van der Waals surface area contributed by atoms with Crippen LogP contribution in [-0.4, -0.2) is 23.5 Å². The van der Waals surface area contributed by atoms with E-state index in [1.807, 2.05) is 18.2 Å². The predicted molar refractivity (Wildman–Crippen MR) is 77.9 cm³/mol. The summed E-state index contributed by atoms with van der Waals surface area (Å²) in [5.41, 5.74) is 1.14. The van der Waals surface area contributed by atoms with Crippen molar-refractivity contribution in [2.45, 2.75) is 31.2 Å². The molecule has 20 heavy (non-hydrogen) atoms. The van der Waals surface area contributed by atoms with Crippen LogP contribution in [0.2, 0.25) is 0 Å². The van der Waals surface area contributed by atoms with Gasteiger partial charge < -0.3 is 5.32 Å². The van der Waals surface area contributed by atoms with Gasteiger partial charge >= 0.3 is 0 Å². The van der Waals surface area contributed by atoms with Gasteiger partial charge in [-0.15, -0.1) is 11.8 Å². The van der Waals surface area contributed by atoms with E-state index in [0.29, 0.717) is 17.4 Å². The van der Waals surface area contributed by atoms with Crippen molar-refractivity contribution in [3.05, 3.63) is 35.6 Å². The van der Waals surface area contributed by atoms with Crippen LogP contribution in [0.4, 0.5) is 4.39 Å². The van der Waals surface area contributed by atoms with Crippen molar-refractivity contribution >= 4 is 17.7 Å². The third kappa shape index (κ3) is 4.24. The van der Waals surface area contributed by atoms with Crippen LogP contribution in [0.15, 0.2) is 24.3 Å². The van der Waals surface area contributed by atoms with Crippen molar-refractivity contribution in [2.24, 2.45) is 0 Å². The topological polar surface area (TPSA) is 52.9 Å². The molecular formula is C15H17FN2OS. The molecule has 0 spiro atoms. The van der Waals surface area contributed by atoms with Gasteiger partial charge in [0.15, 0.2) is 0 Å². The van der Waals surface area contributed by atoms with E-state index < -0.39 is 0 Å². The van der Waals surface area contributed by atoms with Crippen molar-refractivity contribution in [1.82, 2.24) is 5.32 Å². The van der Waals surface area contributed by atoms with Crippen molar-refractivity contribution in [3.63, 3.8) is 0 Å². The summed E-state index contributed by atoms with van der Waals surface area (Å²) < 4.78 is 12.9. The Hall–Kier alpha value is -1.54. The highest BCUT2D eigenvalue weighted by Gasteiger charge is 2.26. The van der Waals surface area contributed by atoms with E-state index in [2.05, 4.69) is 5.32 Å². The molecule has 1 fully saturated rings. The summed E-state index contributed by atoms with van der Waals surface area (Å²) in [7, 11) is 0. The quantitative estimate of drug-likeness (QED) is 0.849. The van der Waals surface area contributed by atoms with Crippen LogP contribution in [0.25, 0.3) is 0 Å². The van der Waals surface area contributed by atoms with Gasteiger partial charge in [0.25, 0.3) is 0 Å². The molecule has 1 saturated carbocycles. The largest absolute Gasteiger partial charge is 0.353 e. The number of hydrogen-bond acceptors (Lipinski definition) is 3. The van der Waals surface area contributed by atoms with Gasteiger partial charge in [0.1, 0.15) is 5.82 Å². The number of carbonyl (C=O) groups is 1. The lowest BCUT2D eigenvalue weighted by atomic mass is 9.97. The monoisotopic (exact) mass is 292 g/mol. The first-order chi connectivity index (χ1) is 9.69. The minimum atomic E-state index is -0.217. The maximum absolute atomic E-state index is 12.9. The number of thioether (sulfide) groups is 1. The number of carbonyl (C=O) groups excluding carboxylic acids is 1. The lowest BCUT2D eigenvalue weighted by Crippen LogP contribution is -2.34. The molecule has 0 aromatic heterocycles. The molecule has 0 bridgehead atoms. The molecule has 0 saturated heterocycles. The molecule has 1 aromatic rings. The molecule has 0 radical (unpaired) electrons. The number of benzene rings is 1. The summed E-state index contributed by atoms with van der Waals surface area (Å²) in [6, 6.07) is 8.82. The zero-order valence-electron chi connectivity index (χ0n) is 11.1. The minimum absolute atomic E-state index is 0.00462. The molecule has 3 nitrogen and oxygen atoms in total. The molecule has 2 rings (SSSR count).